The number of hydrogen-bond donors (Lipinski definition) is 0. The van der Waals surface area contributed by atoms with E-state index in [9.17, 15) is 0 Å². The Morgan fingerprint density at radius 3 is 1.59 bits per heavy atom. The molecule has 0 radical (unpaired) electrons. The van der Waals surface area contributed by atoms with E-state index >= 15 is 0 Å². The number of nitrogens with zero attached hydrogens (tertiary/aromatic N) is 2. The molecule has 0 saturated carbocycles. The quantitative estimate of drug-likeness (QED) is 0.169. The van der Waals surface area contributed by atoms with Gasteiger partial charge in [-0.2, -0.15) is 0 Å². The van der Waals surface area contributed by atoms with Gasteiger partial charge in [-0.05, 0) is 89.3 Å². The molecule has 10 aromatic rings. The van der Waals surface area contributed by atoms with Gasteiger partial charge in [0.25, 0.3) is 0 Å². The van der Waals surface area contributed by atoms with Crippen molar-refractivity contribution in [2.45, 2.75) is 19.3 Å². The van der Waals surface area contributed by atoms with E-state index in [0.29, 0.717) is 5.82 Å². The highest BCUT2D eigenvalue weighted by Crippen LogP contribution is 2.52. The Balaban J connectivity index is 0.990. The van der Waals surface area contributed by atoms with E-state index in [1.807, 2.05) is 18.2 Å². The fourth-order valence-electron chi connectivity index (χ4n) is 9.43. The van der Waals surface area contributed by atoms with Crippen LogP contribution in [0.5, 0.6) is 0 Å². The molecule has 1 aliphatic carbocycles. The van der Waals surface area contributed by atoms with Crippen molar-refractivity contribution in [3.8, 4) is 78.4 Å². The van der Waals surface area contributed by atoms with E-state index in [4.69, 9.17) is 9.97 Å². The summed E-state index contributed by atoms with van der Waals surface area (Å²) in [7, 11) is 0. The predicted octanol–water partition coefficient (Wildman–Crippen LogP) is 15.1. The first-order chi connectivity index (χ1) is 29.0. The average molecular weight is 753 g/mol. The number of hydrogen-bond acceptors (Lipinski definition) is 2. The first-order valence-corrected chi connectivity index (χ1v) is 20.4. The van der Waals surface area contributed by atoms with Crippen molar-refractivity contribution < 1.29 is 0 Å². The Labute approximate surface area is 345 Å². The van der Waals surface area contributed by atoms with Gasteiger partial charge in [0, 0.05) is 22.1 Å². The molecule has 1 aliphatic rings. The monoisotopic (exact) mass is 752 g/mol. The standard InChI is InChI=1S/C57H40N2/c1-57(2)52-34-30-42(35-51(52)50-31-29-39-17-9-10-21-45(39)55(50)57)37-25-27-40(28-26-37)44-32-33-49(47-23-13-12-22-46(44)47)54-36-53(58-56(59-54)41-18-7-4-8-19-41)48-24-14-11-20-43(48)38-15-5-3-6-16-38/h3-36H,1-2H3. The molecule has 11 rings (SSSR count). The average Bonchev–Trinajstić information content (AvgIpc) is 3.54. The second-order valence-corrected chi connectivity index (χ2v) is 16.1. The minimum absolute atomic E-state index is 0.0652. The van der Waals surface area contributed by atoms with Crippen LogP contribution in [0.2, 0.25) is 0 Å². The summed E-state index contributed by atoms with van der Waals surface area (Å²) in [6.07, 6.45) is 0. The lowest BCUT2D eigenvalue weighted by Crippen LogP contribution is -2.15. The molecular formula is C57H40N2. The van der Waals surface area contributed by atoms with Crippen molar-refractivity contribution >= 4 is 21.5 Å². The van der Waals surface area contributed by atoms with Gasteiger partial charge in [0.15, 0.2) is 5.82 Å². The van der Waals surface area contributed by atoms with Crippen LogP contribution >= 0.6 is 0 Å². The van der Waals surface area contributed by atoms with Crippen LogP contribution in [0.4, 0.5) is 0 Å². The highest BCUT2D eigenvalue weighted by atomic mass is 14.9. The van der Waals surface area contributed by atoms with Crippen LogP contribution < -0.4 is 0 Å². The smallest absolute Gasteiger partial charge is 0.160 e. The molecule has 0 unspecified atom stereocenters. The van der Waals surface area contributed by atoms with Gasteiger partial charge >= 0.3 is 0 Å². The van der Waals surface area contributed by atoms with Crippen LogP contribution in [-0.2, 0) is 5.41 Å². The molecule has 0 spiro atoms. The van der Waals surface area contributed by atoms with Gasteiger partial charge in [0.1, 0.15) is 0 Å². The molecule has 9 aromatic carbocycles. The normalized spacial score (nSPS) is 12.7. The molecule has 0 bridgehead atoms. The molecule has 0 aliphatic heterocycles. The van der Waals surface area contributed by atoms with Crippen LogP contribution in [0.3, 0.4) is 0 Å². The zero-order valence-electron chi connectivity index (χ0n) is 33.0. The third-order valence-electron chi connectivity index (χ3n) is 12.3. The molecule has 0 fully saturated rings. The third-order valence-corrected chi connectivity index (χ3v) is 12.3. The number of rotatable bonds is 6. The summed E-state index contributed by atoms with van der Waals surface area (Å²) in [6.45, 7) is 4.73. The number of benzene rings is 9. The van der Waals surface area contributed by atoms with E-state index in [0.717, 1.165) is 44.6 Å². The van der Waals surface area contributed by atoms with Crippen molar-refractivity contribution in [2.75, 3.05) is 0 Å². The fourth-order valence-corrected chi connectivity index (χ4v) is 9.43. The maximum atomic E-state index is 5.25. The van der Waals surface area contributed by atoms with Crippen molar-refractivity contribution in [1.82, 2.24) is 9.97 Å². The summed E-state index contributed by atoms with van der Waals surface area (Å²) in [4.78, 5) is 10.5. The van der Waals surface area contributed by atoms with Crippen LogP contribution in [0.15, 0.2) is 206 Å². The molecule has 0 amide bonds. The first kappa shape index (κ1) is 34.8. The minimum atomic E-state index is -0.0652. The zero-order valence-corrected chi connectivity index (χ0v) is 33.0. The second kappa shape index (κ2) is 13.9. The summed E-state index contributed by atoms with van der Waals surface area (Å²) < 4.78 is 0. The highest BCUT2D eigenvalue weighted by molar-refractivity contribution is 6.05. The van der Waals surface area contributed by atoms with E-state index in [2.05, 4.69) is 202 Å². The SMILES string of the molecule is CC1(C)c2ccc(-c3ccc(-c4ccc(-c5cc(-c6ccccc6-c6ccccc6)nc(-c6ccccc6)n5)c5ccccc45)cc3)cc2-c2ccc3ccccc3c21. The van der Waals surface area contributed by atoms with E-state index < -0.39 is 0 Å². The fraction of sp³-hybridized carbons (Fsp3) is 0.0526. The molecule has 1 heterocycles. The van der Waals surface area contributed by atoms with Gasteiger partial charge in [-0.15, -0.1) is 0 Å². The van der Waals surface area contributed by atoms with E-state index in [1.54, 1.807) is 0 Å². The van der Waals surface area contributed by atoms with E-state index in [1.165, 1.54) is 60.7 Å². The largest absolute Gasteiger partial charge is 0.228 e. The number of aromatic nitrogens is 2. The van der Waals surface area contributed by atoms with Gasteiger partial charge < -0.3 is 0 Å². The Bertz CT molecular complexity index is 3220. The Hall–Kier alpha value is -7.42. The van der Waals surface area contributed by atoms with Gasteiger partial charge in [-0.1, -0.05) is 208 Å². The summed E-state index contributed by atoms with van der Waals surface area (Å²) in [5, 5.41) is 4.99. The summed E-state index contributed by atoms with van der Waals surface area (Å²) in [6, 6.07) is 74.2. The Morgan fingerprint density at radius 1 is 0.322 bits per heavy atom. The summed E-state index contributed by atoms with van der Waals surface area (Å²) in [5.74, 6) is 0.705. The van der Waals surface area contributed by atoms with Crippen LogP contribution in [0, 0.1) is 0 Å². The van der Waals surface area contributed by atoms with Crippen LogP contribution in [-0.4, -0.2) is 9.97 Å². The van der Waals surface area contributed by atoms with Gasteiger partial charge in [-0.3, -0.25) is 0 Å². The highest BCUT2D eigenvalue weighted by Gasteiger charge is 2.37. The second-order valence-electron chi connectivity index (χ2n) is 16.1. The molecular weight excluding hydrogens is 713 g/mol. The van der Waals surface area contributed by atoms with Crippen molar-refractivity contribution in [2.24, 2.45) is 0 Å². The molecule has 59 heavy (non-hydrogen) atoms. The molecule has 2 heteroatoms. The van der Waals surface area contributed by atoms with Gasteiger partial charge in [-0.25, -0.2) is 9.97 Å². The predicted molar refractivity (Wildman–Crippen MR) is 247 cm³/mol. The van der Waals surface area contributed by atoms with Crippen molar-refractivity contribution in [3.63, 3.8) is 0 Å². The maximum Gasteiger partial charge on any atom is 0.160 e. The molecule has 0 N–H and O–H groups in total. The van der Waals surface area contributed by atoms with Gasteiger partial charge in [0.05, 0.1) is 11.4 Å². The summed E-state index contributed by atoms with van der Waals surface area (Å²) >= 11 is 0. The maximum absolute atomic E-state index is 5.25. The van der Waals surface area contributed by atoms with E-state index in [-0.39, 0.29) is 5.41 Å². The molecule has 0 atom stereocenters. The lowest BCUT2D eigenvalue weighted by molar-refractivity contribution is 0.666. The summed E-state index contributed by atoms with van der Waals surface area (Å²) in [5.41, 5.74) is 17.5. The lowest BCUT2D eigenvalue weighted by atomic mass is 9.80. The van der Waals surface area contributed by atoms with Gasteiger partial charge in [0.2, 0.25) is 0 Å². The first-order valence-electron chi connectivity index (χ1n) is 20.4. The third kappa shape index (κ3) is 5.87. The lowest BCUT2D eigenvalue weighted by Gasteiger charge is -2.23. The van der Waals surface area contributed by atoms with Crippen LogP contribution in [0.1, 0.15) is 25.0 Å². The Kier molecular flexibility index (Phi) is 8.20. The van der Waals surface area contributed by atoms with Crippen LogP contribution in [0.25, 0.3) is 100.0 Å². The van der Waals surface area contributed by atoms with Crippen molar-refractivity contribution in [1.29, 1.82) is 0 Å². The minimum Gasteiger partial charge on any atom is -0.228 e. The molecule has 278 valence electrons. The molecule has 1 aromatic heterocycles. The molecule has 0 saturated heterocycles. The molecule has 2 nitrogen and oxygen atoms in total. The Morgan fingerprint density at radius 2 is 0.847 bits per heavy atom. The topological polar surface area (TPSA) is 25.8 Å². The zero-order chi connectivity index (χ0) is 39.5. The number of fused-ring (bicyclic) bond motifs is 6. The van der Waals surface area contributed by atoms with Crippen molar-refractivity contribution in [3.05, 3.63) is 217 Å².